The van der Waals surface area contributed by atoms with Crippen LogP contribution >= 0.6 is 11.8 Å². The Morgan fingerprint density at radius 3 is 2.56 bits per heavy atom. The molecule has 2 saturated heterocycles. The minimum atomic E-state index is -0.499. The van der Waals surface area contributed by atoms with Gasteiger partial charge in [0.2, 0.25) is 0 Å². The van der Waals surface area contributed by atoms with Crippen molar-refractivity contribution >= 4 is 11.8 Å². The molecule has 3 N–H and O–H groups in total. The maximum Gasteiger partial charge on any atom is 0.0702 e. The molecule has 18 heavy (non-hydrogen) atoms. The van der Waals surface area contributed by atoms with Gasteiger partial charge >= 0.3 is 0 Å². The van der Waals surface area contributed by atoms with E-state index < -0.39 is 5.60 Å². The van der Waals surface area contributed by atoms with Crippen LogP contribution in [0.1, 0.15) is 44.9 Å². The fourth-order valence-electron chi connectivity index (χ4n) is 4.04. The van der Waals surface area contributed by atoms with E-state index in [0.717, 1.165) is 51.6 Å². The molecular weight excluding hydrogens is 246 g/mol. The molecule has 0 aromatic rings. The first-order valence-corrected chi connectivity index (χ1v) is 8.47. The zero-order valence-corrected chi connectivity index (χ0v) is 11.9. The second-order valence-electron chi connectivity index (χ2n) is 6.44. The van der Waals surface area contributed by atoms with Crippen molar-refractivity contribution in [3.8, 4) is 0 Å². The fraction of sp³-hybridized carbons (Fsp3) is 1.00. The molecule has 4 heteroatoms. The lowest BCUT2D eigenvalue weighted by Gasteiger charge is -2.47. The van der Waals surface area contributed by atoms with Crippen molar-refractivity contribution in [3.63, 3.8) is 0 Å². The predicted octanol–water partition coefficient (Wildman–Crippen LogP) is 1.92. The Kier molecular flexibility index (Phi) is 3.65. The molecule has 3 unspecified atom stereocenters. The van der Waals surface area contributed by atoms with Crippen molar-refractivity contribution in [1.82, 2.24) is 0 Å². The SMILES string of the molecule is NC1CCC(O)(C2CCOC3(CCSCC3)C2)C1. The van der Waals surface area contributed by atoms with E-state index in [-0.39, 0.29) is 11.6 Å². The molecule has 3 aliphatic rings. The summed E-state index contributed by atoms with van der Waals surface area (Å²) in [5.74, 6) is 2.83. The molecule has 104 valence electrons. The van der Waals surface area contributed by atoms with Crippen LogP contribution in [0.5, 0.6) is 0 Å². The van der Waals surface area contributed by atoms with Crippen LogP contribution in [0.2, 0.25) is 0 Å². The van der Waals surface area contributed by atoms with Crippen molar-refractivity contribution in [1.29, 1.82) is 0 Å². The lowest BCUT2D eigenvalue weighted by atomic mass is 9.73. The van der Waals surface area contributed by atoms with Gasteiger partial charge in [0.15, 0.2) is 0 Å². The zero-order chi connectivity index (χ0) is 12.6. The molecule has 1 spiro atoms. The quantitative estimate of drug-likeness (QED) is 0.765. The summed E-state index contributed by atoms with van der Waals surface area (Å²) in [6.45, 7) is 0.826. The minimum Gasteiger partial charge on any atom is -0.390 e. The summed E-state index contributed by atoms with van der Waals surface area (Å²) in [4.78, 5) is 0. The molecule has 3 atom stereocenters. The Labute approximate surface area is 114 Å². The van der Waals surface area contributed by atoms with Crippen LogP contribution in [0, 0.1) is 5.92 Å². The second-order valence-corrected chi connectivity index (χ2v) is 7.66. The Bertz CT molecular complexity index is 301. The number of hydrogen-bond acceptors (Lipinski definition) is 4. The topological polar surface area (TPSA) is 55.5 Å². The molecule has 0 aromatic carbocycles. The molecular formula is C14H25NO2S. The van der Waals surface area contributed by atoms with E-state index in [1.165, 1.54) is 11.5 Å². The first-order chi connectivity index (χ1) is 8.62. The highest BCUT2D eigenvalue weighted by Gasteiger charge is 2.48. The highest BCUT2D eigenvalue weighted by atomic mass is 32.2. The molecule has 0 amide bonds. The number of rotatable bonds is 1. The highest BCUT2D eigenvalue weighted by Crippen LogP contribution is 2.47. The molecule has 0 aromatic heterocycles. The van der Waals surface area contributed by atoms with Gasteiger partial charge in [0.1, 0.15) is 0 Å². The van der Waals surface area contributed by atoms with Gasteiger partial charge < -0.3 is 15.6 Å². The zero-order valence-electron chi connectivity index (χ0n) is 11.1. The van der Waals surface area contributed by atoms with Gasteiger partial charge in [-0.25, -0.2) is 0 Å². The third-order valence-corrected chi connectivity index (χ3v) is 6.21. The van der Waals surface area contributed by atoms with Crippen LogP contribution in [0.15, 0.2) is 0 Å². The molecule has 2 aliphatic heterocycles. The summed E-state index contributed by atoms with van der Waals surface area (Å²) in [6.07, 6.45) is 7.06. The number of aliphatic hydroxyl groups is 1. The van der Waals surface area contributed by atoms with Gasteiger partial charge in [-0.1, -0.05) is 0 Å². The monoisotopic (exact) mass is 271 g/mol. The average molecular weight is 271 g/mol. The molecule has 0 bridgehead atoms. The molecule has 2 heterocycles. The van der Waals surface area contributed by atoms with E-state index in [4.69, 9.17) is 10.5 Å². The number of ether oxygens (including phenoxy) is 1. The maximum absolute atomic E-state index is 10.9. The van der Waals surface area contributed by atoms with Crippen molar-refractivity contribution in [3.05, 3.63) is 0 Å². The number of thioether (sulfide) groups is 1. The third-order valence-electron chi connectivity index (χ3n) is 5.22. The van der Waals surface area contributed by atoms with E-state index in [9.17, 15) is 5.11 Å². The van der Waals surface area contributed by atoms with Gasteiger partial charge in [-0.2, -0.15) is 11.8 Å². The number of hydrogen-bond donors (Lipinski definition) is 2. The van der Waals surface area contributed by atoms with Crippen LogP contribution < -0.4 is 5.73 Å². The Morgan fingerprint density at radius 2 is 1.89 bits per heavy atom. The summed E-state index contributed by atoms with van der Waals surface area (Å²) in [6, 6.07) is 0.204. The highest BCUT2D eigenvalue weighted by molar-refractivity contribution is 7.99. The Hall–Kier alpha value is 0.230. The van der Waals surface area contributed by atoms with Crippen molar-refractivity contribution in [2.75, 3.05) is 18.1 Å². The Balaban J connectivity index is 1.70. The molecule has 3 rings (SSSR count). The van der Waals surface area contributed by atoms with Crippen LogP contribution in [0.4, 0.5) is 0 Å². The van der Waals surface area contributed by atoms with E-state index >= 15 is 0 Å². The van der Waals surface area contributed by atoms with Gasteiger partial charge in [0.05, 0.1) is 11.2 Å². The van der Waals surface area contributed by atoms with Gasteiger partial charge in [-0.05, 0) is 62.4 Å². The van der Waals surface area contributed by atoms with E-state index in [1.54, 1.807) is 0 Å². The minimum absolute atomic E-state index is 0.0799. The molecule has 1 saturated carbocycles. The van der Waals surface area contributed by atoms with Gasteiger partial charge in [-0.3, -0.25) is 0 Å². The van der Waals surface area contributed by atoms with E-state index in [0.29, 0.717) is 5.92 Å². The first-order valence-electron chi connectivity index (χ1n) is 7.32. The summed E-state index contributed by atoms with van der Waals surface area (Å²) in [7, 11) is 0. The maximum atomic E-state index is 10.9. The van der Waals surface area contributed by atoms with Crippen LogP contribution in [-0.2, 0) is 4.74 Å². The molecule has 3 nitrogen and oxygen atoms in total. The van der Waals surface area contributed by atoms with Crippen molar-refractivity contribution < 1.29 is 9.84 Å². The Morgan fingerprint density at radius 1 is 1.11 bits per heavy atom. The van der Waals surface area contributed by atoms with Gasteiger partial charge in [-0.15, -0.1) is 0 Å². The molecule has 0 radical (unpaired) electrons. The largest absolute Gasteiger partial charge is 0.390 e. The summed E-state index contributed by atoms with van der Waals surface area (Å²) >= 11 is 2.03. The van der Waals surface area contributed by atoms with E-state index in [2.05, 4.69) is 0 Å². The smallest absolute Gasteiger partial charge is 0.0702 e. The summed E-state index contributed by atoms with van der Waals surface area (Å²) in [5.41, 5.74) is 5.57. The van der Waals surface area contributed by atoms with Crippen molar-refractivity contribution in [2.24, 2.45) is 11.7 Å². The van der Waals surface area contributed by atoms with Gasteiger partial charge in [0.25, 0.3) is 0 Å². The molecule has 1 aliphatic carbocycles. The van der Waals surface area contributed by atoms with E-state index in [1.807, 2.05) is 11.8 Å². The summed E-state index contributed by atoms with van der Waals surface area (Å²) < 4.78 is 6.11. The normalized spacial score (nSPS) is 44.3. The van der Waals surface area contributed by atoms with Gasteiger partial charge in [0, 0.05) is 12.6 Å². The van der Waals surface area contributed by atoms with Crippen LogP contribution in [0.3, 0.4) is 0 Å². The lowest BCUT2D eigenvalue weighted by molar-refractivity contribution is -0.145. The first kappa shape index (κ1) is 13.2. The fourth-order valence-corrected chi connectivity index (χ4v) is 5.28. The number of nitrogens with two attached hydrogens (primary N) is 1. The third kappa shape index (κ3) is 2.45. The van der Waals surface area contributed by atoms with Crippen molar-refractivity contribution in [2.45, 2.75) is 62.2 Å². The van der Waals surface area contributed by atoms with Crippen LogP contribution in [0.25, 0.3) is 0 Å². The predicted molar refractivity (Wildman–Crippen MR) is 74.7 cm³/mol. The molecule has 3 fully saturated rings. The average Bonchev–Trinajstić information content (AvgIpc) is 2.72. The van der Waals surface area contributed by atoms with Crippen LogP contribution in [-0.4, -0.2) is 40.5 Å². The lowest BCUT2D eigenvalue weighted by Crippen LogP contribution is -2.49. The summed E-state index contributed by atoms with van der Waals surface area (Å²) in [5, 5.41) is 10.9. The standard InChI is InChI=1S/C14H25NO2S/c15-12-1-3-14(16,10-12)11-2-6-17-13(9-11)4-7-18-8-5-13/h11-12,16H,1-10,15H2. The second kappa shape index (κ2) is 4.97.